The van der Waals surface area contributed by atoms with E-state index in [9.17, 15) is 14.9 Å². The molecule has 1 aromatic heterocycles. The van der Waals surface area contributed by atoms with Gasteiger partial charge in [-0.25, -0.2) is 4.79 Å². The molecule has 7 heteroatoms. The van der Waals surface area contributed by atoms with Crippen LogP contribution in [0.3, 0.4) is 0 Å². The molecule has 0 aliphatic carbocycles. The number of rotatable bonds is 4. The Labute approximate surface area is 118 Å². The van der Waals surface area contributed by atoms with Gasteiger partial charge in [0.05, 0.1) is 21.6 Å². The summed E-state index contributed by atoms with van der Waals surface area (Å²) in [4.78, 5) is 20.4. The number of benzene rings is 1. The predicted molar refractivity (Wildman–Crippen MR) is 72.1 cm³/mol. The van der Waals surface area contributed by atoms with Crippen LogP contribution in [-0.2, 0) is 0 Å². The van der Waals surface area contributed by atoms with Gasteiger partial charge in [0, 0.05) is 5.56 Å². The second-order valence-electron chi connectivity index (χ2n) is 3.80. The summed E-state index contributed by atoms with van der Waals surface area (Å²) in [5, 5.41) is 19.2. The number of nitro groups is 1. The molecule has 2 rings (SSSR count). The Morgan fingerprint density at radius 1 is 1.35 bits per heavy atom. The van der Waals surface area contributed by atoms with E-state index >= 15 is 0 Å². The van der Waals surface area contributed by atoms with Crippen LogP contribution in [0.4, 0.5) is 0 Å². The first-order valence-corrected chi connectivity index (χ1v) is 5.80. The van der Waals surface area contributed by atoms with Crippen molar-refractivity contribution in [2.75, 3.05) is 0 Å². The van der Waals surface area contributed by atoms with Crippen molar-refractivity contribution in [3.05, 3.63) is 63.0 Å². The molecule has 0 amide bonds. The summed E-state index contributed by atoms with van der Waals surface area (Å²) < 4.78 is 5.38. The maximum atomic E-state index is 10.8. The number of carboxylic acid groups (broad SMARTS) is 1. The van der Waals surface area contributed by atoms with Gasteiger partial charge < -0.3 is 9.52 Å². The quantitative estimate of drug-likeness (QED) is 0.687. The minimum absolute atomic E-state index is 0.00422. The Morgan fingerprint density at radius 3 is 2.70 bits per heavy atom. The normalized spacial score (nSPS) is 10.8. The fourth-order valence-corrected chi connectivity index (χ4v) is 1.84. The molecule has 0 radical (unpaired) electrons. The molecule has 0 aliphatic rings. The van der Waals surface area contributed by atoms with E-state index < -0.39 is 10.9 Å². The zero-order valence-electron chi connectivity index (χ0n) is 9.95. The van der Waals surface area contributed by atoms with E-state index in [-0.39, 0.29) is 10.6 Å². The Hall–Kier alpha value is -2.60. The van der Waals surface area contributed by atoms with Gasteiger partial charge in [-0.05, 0) is 24.3 Å². The van der Waals surface area contributed by atoms with E-state index in [1.54, 1.807) is 18.2 Å². The molecule has 0 bridgehead atoms. The molecule has 2 aromatic rings. The third-order valence-corrected chi connectivity index (χ3v) is 2.78. The van der Waals surface area contributed by atoms with Gasteiger partial charge in [-0.2, -0.15) is 0 Å². The van der Waals surface area contributed by atoms with Crippen LogP contribution in [-0.4, -0.2) is 16.0 Å². The molecule has 0 fully saturated rings. The molecule has 1 N–H and O–H groups in total. The lowest BCUT2D eigenvalue weighted by Gasteiger charge is -2.01. The second kappa shape index (κ2) is 5.58. The minimum Gasteiger partial charge on any atom is -0.478 e. The van der Waals surface area contributed by atoms with E-state index in [2.05, 4.69) is 0 Å². The number of hydrogen-bond acceptors (Lipinski definition) is 4. The topological polar surface area (TPSA) is 93.6 Å². The van der Waals surface area contributed by atoms with Crippen LogP contribution < -0.4 is 0 Å². The summed E-state index contributed by atoms with van der Waals surface area (Å²) in [7, 11) is 0. The molecule has 0 aliphatic heterocycles. The molecule has 0 spiro atoms. The van der Waals surface area contributed by atoms with Crippen molar-refractivity contribution in [3.63, 3.8) is 0 Å². The van der Waals surface area contributed by atoms with Gasteiger partial charge in [-0.1, -0.05) is 17.7 Å². The molecule has 6 nitrogen and oxygen atoms in total. The number of carbonyl (C=O) groups is 1. The number of aromatic carboxylic acids is 1. The average molecular weight is 294 g/mol. The van der Waals surface area contributed by atoms with Crippen LogP contribution in [0.15, 0.2) is 40.9 Å². The summed E-state index contributed by atoms with van der Waals surface area (Å²) in [6.45, 7) is 0. The number of nitrogens with zero attached hydrogens (tertiary/aromatic N) is 1. The highest BCUT2D eigenvalue weighted by Gasteiger charge is 2.11. The first-order chi connectivity index (χ1) is 9.47. The summed E-state index contributed by atoms with van der Waals surface area (Å²) in [5.74, 6) is -0.363. The third kappa shape index (κ3) is 3.04. The number of halogens is 1. The zero-order valence-corrected chi connectivity index (χ0v) is 10.7. The standard InChI is InChI=1S/C13H8ClNO5/c14-11-7-8(1-3-10(11)13(16)17)12-4-2-9(20-12)5-6-15(18)19/h1-7H,(H,16,17). The van der Waals surface area contributed by atoms with E-state index in [4.69, 9.17) is 21.1 Å². The van der Waals surface area contributed by atoms with E-state index in [1.165, 1.54) is 18.2 Å². The van der Waals surface area contributed by atoms with E-state index in [0.717, 1.165) is 6.20 Å². The summed E-state index contributed by atoms with van der Waals surface area (Å²) >= 11 is 5.86. The molecule has 0 unspecified atom stereocenters. The van der Waals surface area contributed by atoms with Gasteiger partial charge in [0.15, 0.2) is 0 Å². The van der Waals surface area contributed by atoms with Crippen molar-refractivity contribution >= 4 is 23.6 Å². The molecular formula is C13H8ClNO5. The fraction of sp³-hybridized carbons (Fsp3) is 0. The molecule has 1 aromatic carbocycles. The lowest BCUT2D eigenvalue weighted by Crippen LogP contribution is -1.96. The van der Waals surface area contributed by atoms with E-state index in [1.807, 2.05) is 0 Å². The summed E-state index contributed by atoms with van der Waals surface area (Å²) in [6, 6.07) is 7.56. The second-order valence-corrected chi connectivity index (χ2v) is 4.21. The average Bonchev–Trinajstić information content (AvgIpc) is 2.84. The first kappa shape index (κ1) is 13.8. The lowest BCUT2D eigenvalue weighted by atomic mass is 10.1. The Balaban J connectivity index is 2.31. The zero-order chi connectivity index (χ0) is 14.7. The molecule has 0 saturated heterocycles. The predicted octanol–water partition coefficient (Wildman–Crippen LogP) is 3.55. The lowest BCUT2D eigenvalue weighted by molar-refractivity contribution is -0.401. The fourth-order valence-electron chi connectivity index (χ4n) is 1.57. The minimum atomic E-state index is -1.12. The van der Waals surface area contributed by atoms with Crippen LogP contribution in [0, 0.1) is 10.1 Å². The number of furan rings is 1. The third-order valence-electron chi connectivity index (χ3n) is 2.47. The molecular weight excluding hydrogens is 286 g/mol. The number of carboxylic acids is 1. The largest absolute Gasteiger partial charge is 0.478 e. The summed E-state index contributed by atoms with van der Waals surface area (Å²) in [6.07, 6.45) is 1.99. The highest BCUT2D eigenvalue weighted by atomic mass is 35.5. The van der Waals surface area contributed by atoms with Gasteiger partial charge in [0.1, 0.15) is 11.5 Å². The summed E-state index contributed by atoms with van der Waals surface area (Å²) in [5.41, 5.74) is 0.580. The van der Waals surface area contributed by atoms with Gasteiger partial charge in [0.25, 0.3) is 0 Å². The molecule has 102 valence electrons. The monoisotopic (exact) mass is 293 g/mol. The van der Waals surface area contributed by atoms with Crippen molar-refractivity contribution in [1.82, 2.24) is 0 Å². The van der Waals surface area contributed by atoms with Crippen molar-refractivity contribution in [2.45, 2.75) is 0 Å². The molecule has 20 heavy (non-hydrogen) atoms. The maximum absolute atomic E-state index is 10.8. The van der Waals surface area contributed by atoms with Crippen molar-refractivity contribution in [3.8, 4) is 11.3 Å². The van der Waals surface area contributed by atoms with Gasteiger partial charge in [-0.3, -0.25) is 10.1 Å². The SMILES string of the molecule is O=C(O)c1ccc(-c2ccc(C=C[N+](=O)[O-])o2)cc1Cl. The van der Waals surface area contributed by atoms with Crippen LogP contribution in [0.25, 0.3) is 17.4 Å². The highest BCUT2D eigenvalue weighted by Crippen LogP contribution is 2.27. The Bertz CT molecular complexity index is 705. The van der Waals surface area contributed by atoms with Crippen molar-refractivity contribution in [1.29, 1.82) is 0 Å². The smallest absolute Gasteiger partial charge is 0.337 e. The van der Waals surface area contributed by atoms with Crippen LogP contribution in [0.5, 0.6) is 0 Å². The van der Waals surface area contributed by atoms with Crippen LogP contribution >= 0.6 is 11.6 Å². The number of hydrogen-bond donors (Lipinski definition) is 1. The molecule has 0 atom stereocenters. The maximum Gasteiger partial charge on any atom is 0.337 e. The van der Waals surface area contributed by atoms with Crippen LogP contribution in [0.1, 0.15) is 16.1 Å². The Kier molecular flexibility index (Phi) is 3.86. The first-order valence-electron chi connectivity index (χ1n) is 5.42. The van der Waals surface area contributed by atoms with Crippen molar-refractivity contribution < 1.29 is 19.2 Å². The van der Waals surface area contributed by atoms with Crippen LogP contribution in [0.2, 0.25) is 5.02 Å². The van der Waals surface area contributed by atoms with Gasteiger partial charge >= 0.3 is 5.97 Å². The molecule has 1 heterocycles. The van der Waals surface area contributed by atoms with E-state index in [0.29, 0.717) is 17.1 Å². The Morgan fingerprint density at radius 2 is 2.10 bits per heavy atom. The van der Waals surface area contributed by atoms with Crippen molar-refractivity contribution in [2.24, 2.45) is 0 Å². The highest BCUT2D eigenvalue weighted by molar-refractivity contribution is 6.33. The molecule has 0 saturated carbocycles. The van der Waals surface area contributed by atoms with Gasteiger partial charge in [-0.15, -0.1) is 0 Å². The van der Waals surface area contributed by atoms with Gasteiger partial charge in [0.2, 0.25) is 6.20 Å².